The molecule has 5 heteroatoms. The molecule has 5 nitrogen and oxygen atoms in total. The molecule has 0 saturated carbocycles. The number of furan rings is 1. The average molecular weight is 869 g/mol. The molecule has 1 heterocycles. The Bertz CT molecular complexity index is 3900. The lowest BCUT2D eigenvalue weighted by molar-refractivity contribution is 0.669. The molecule has 0 saturated heterocycles. The van der Waals surface area contributed by atoms with Crippen molar-refractivity contribution < 1.29 is 4.42 Å². The van der Waals surface area contributed by atoms with Gasteiger partial charge in [0, 0.05) is 39.1 Å². The molecule has 0 atom stereocenters. The van der Waals surface area contributed by atoms with Crippen LogP contribution in [0.25, 0.3) is 59.8 Å². The number of fused-ring (bicyclic) bond motifs is 16. The molecule has 0 radical (unpaired) electrons. The van der Waals surface area contributed by atoms with Gasteiger partial charge in [-0.15, -0.1) is 0 Å². The highest BCUT2D eigenvalue weighted by Crippen LogP contribution is 2.67. The van der Waals surface area contributed by atoms with Gasteiger partial charge >= 0.3 is 0 Å². The second-order valence-corrected chi connectivity index (χ2v) is 18.0. The SMILES string of the molecule is [C-]#[N+]c1ccc(N(c2ccc(C)cc2)c2cc3c(c4ccccc24)-c2c(cc(N(c4ccc(C)cc4)c4ccc(C#N)cc4)c4c2oc2ccccc24)C32c3ccccc3-c3ccccc32)cc1. The van der Waals surface area contributed by atoms with Crippen LogP contribution in [0.2, 0.25) is 0 Å². The van der Waals surface area contributed by atoms with Gasteiger partial charge in [-0.2, -0.15) is 5.26 Å². The van der Waals surface area contributed by atoms with E-state index in [-0.39, 0.29) is 0 Å². The van der Waals surface area contributed by atoms with Crippen LogP contribution < -0.4 is 9.80 Å². The zero-order valence-corrected chi connectivity index (χ0v) is 37.3. The van der Waals surface area contributed by atoms with E-state index in [1.165, 1.54) is 38.9 Å². The molecule has 10 aromatic carbocycles. The number of hydrogen-bond donors (Lipinski definition) is 0. The Morgan fingerprint density at radius 3 is 1.54 bits per heavy atom. The molecule has 2 aliphatic rings. The van der Waals surface area contributed by atoms with E-state index in [9.17, 15) is 5.26 Å². The van der Waals surface area contributed by atoms with Crippen molar-refractivity contribution in [1.29, 1.82) is 5.26 Å². The molecule has 1 aromatic heterocycles. The van der Waals surface area contributed by atoms with Crippen LogP contribution in [0.15, 0.2) is 211 Å². The Labute approximate surface area is 394 Å². The monoisotopic (exact) mass is 868 g/mol. The summed E-state index contributed by atoms with van der Waals surface area (Å²) in [6.07, 6.45) is 0. The Morgan fingerprint density at radius 1 is 0.485 bits per heavy atom. The lowest BCUT2D eigenvalue weighted by Crippen LogP contribution is -2.26. The van der Waals surface area contributed by atoms with Gasteiger partial charge < -0.3 is 14.2 Å². The number of benzene rings is 10. The molecule has 13 rings (SSSR count). The first kappa shape index (κ1) is 39.2. The summed E-state index contributed by atoms with van der Waals surface area (Å²) in [6, 6.07) is 75.6. The minimum atomic E-state index is -0.783. The lowest BCUT2D eigenvalue weighted by Gasteiger charge is -2.34. The highest BCUT2D eigenvalue weighted by Gasteiger charge is 2.54. The summed E-state index contributed by atoms with van der Waals surface area (Å²) in [7, 11) is 0. The van der Waals surface area contributed by atoms with Gasteiger partial charge in [0.1, 0.15) is 11.2 Å². The molecule has 1 spiro atoms. The average Bonchev–Trinajstić information content (AvgIpc) is 4.03. The van der Waals surface area contributed by atoms with Gasteiger partial charge in [0.25, 0.3) is 0 Å². The van der Waals surface area contributed by atoms with Gasteiger partial charge in [0.15, 0.2) is 5.69 Å². The first-order chi connectivity index (χ1) is 33.5. The summed E-state index contributed by atoms with van der Waals surface area (Å²) >= 11 is 0. The largest absolute Gasteiger partial charge is 0.455 e. The normalized spacial score (nSPS) is 12.6. The van der Waals surface area contributed by atoms with Crippen molar-refractivity contribution in [3.63, 3.8) is 0 Å². The van der Waals surface area contributed by atoms with E-state index >= 15 is 0 Å². The maximum absolute atomic E-state index is 9.93. The Balaban J connectivity index is 1.22. The van der Waals surface area contributed by atoms with Crippen molar-refractivity contribution in [3.05, 3.63) is 257 Å². The maximum Gasteiger partial charge on any atom is 0.187 e. The Kier molecular flexibility index (Phi) is 8.62. The smallest absolute Gasteiger partial charge is 0.187 e. The van der Waals surface area contributed by atoms with Gasteiger partial charge in [-0.3, -0.25) is 0 Å². The van der Waals surface area contributed by atoms with Crippen LogP contribution in [0.1, 0.15) is 38.9 Å². The molecular formula is C63H40N4O. The quantitative estimate of drug-likeness (QED) is 0.156. The molecule has 0 fully saturated rings. The summed E-state index contributed by atoms with van der Waals surface area (Å²) in [4.78, 5) is 8.45. The van der Waals surface area contributed by atoms with Gasteiger partial charge in [0.05, 0.1) is 40.4 Å². The summed E-state index contributed by atoms with van der Waals surface area (Å²) in [5.41, 5.74) is 19.7. The van der Waals surface area contributed by atoms with Crippen LogP contribution in [0.5, 0.6) is 0 Å². The Hall–Kier alpha value is -9.16. The van der Waals surface area contributed by atoms with Gasteiger partial charge in [-0.25, -0.2) is 4.85 Å². The second kappa shape index (κ2) is 14.9. The van der Waals surface area contributed by atoms with E-state index in [1.54, 1.807) is 0 Å². The fourth-order valence-corrected chi connectivity index (χ4v) is 11.3. The van der Waals surface area contributed by atoms with Crippen molar-refractivity contribution in [2.24, 2.45) is 0 Å². The van der Waals surface area contributed by atoms with Gasteiger partial charge in [0.2, 0.25) is 0 Å². The third-order valence-corrected chi connectivity index (χ3v) is 14.2. The maximum atomic E-state index is 9.93. The predicted octanol–water partition coefficient (Wildman–Crippen LogP) is 17.1. The third-order valence-electron chi connectivity index (χ3n) is 14.2. The summed E-state index contributed by atoms with van der Waals surface area (Å²) < 4.78 is 7.34. The van der Waals surface area contributed by atoms with Crippen LogP contribution in [-0.4, -0.2) is 0 Å². The molecule has 0 aliphatic heterocycles. The fraction of sp³-hybridized carbons (Fsp3) is 0.0476. The van der Waals surface area contributed by atoms with E-state index in [1.807, 2.05) is 30.3 Å². The number of aryl methyl sites for hydroxylation is 2. The highest BCUT2D eigenvalue weighted by atomic mass is 16.3. The zero-order chi connectivity index (χ0) is 45.7. The topological polar surface area (TPSA) is 47.8 Å². The van der Waals surface area contributed by atoms with E-state index < -0.39 is 5.41 Å². The second-order valence-electron chi connectivity index (χ2n) is 18.0. The number of para-hydroxylation sites is 1. The van der Waals surface area contributed by atoms with E-state index in [0.29, 0.717) is 11.3 Å². The number of anilines is 6. The van der Waals surface area contributed by atoms with Crippen LogP contribution >= 0.6 is 0 Å². The molecule has 318 valence electrons. The first-order valence-corrected chi connectivity index (χ1v) is 22.9. The molecule has 11 aromatic rings. The summed E-state index contributed by atoms with van der Waals surface area (Å²) in [5, 5.41) is 14.2. The van der Waals surface area contributed by atoms with Crippen LogP contribution in [-0.2, 0) is 5.41 Å². The van der Waals surface area contributed by atoms with E-state index in [4.69, 9.17) is 11.0 Å². The first-order valence-electron chi connectivity index (χ1n) is 22.9. The van der Waals surface area contributed by atoms with Gasteiger partial charge in [-0.05, 0) is 137 Å². The molecule has 2 aliphatic carbocycles. The summed E-state index contributed by atoms with van der Waals surface area (Å²) in [5.74, 6) is 0. The number of nitriles is 1. The molecule has 0 unspecified atom stereocenters. The standard InChI is InChI=1S/C63H40N4O/c1-39-20-28-43(29-21-39)66(46-34-26-42(65-3)27-35-46)56-36-54-59(50-15-5-4-14-49(50)56)61-55(63(54)52-17-9-6-12-47(52)48-13-7-10-18-53(48)63)37-57(60-51-16-8-11-19-58(51)68-62(60)61)67(44-30-22-40(2)23-31-44)45-32-24-41(38-64)25-33-45/h4-37H,1-2H3. The van der Waals surface area contributed by atoms with E-state index in [2.05, 4.69) is 210 Å². The number of hydrogen-bond acceptors (Lipinski definition) is 4. The molecule has 0 bridgehead atoms. The number of rotatable bonds is 6. The molecule has 68 heavy (non-hydrogen) atoms. The summed E-state index contributed by atoms with van der Waals surface area (Å²) in [6.45, 7) is 12.0. The van der Waals surface area contributed by atoms with Crippen molar-refractivity contribution in [3.8, 4) is 28.3 Å². The predicted molar refractivity (Wildman–Crippen MR) is 277 cm³/mol. The van der Waals surface area contributed by atoms with Crippen LogP contribution in [0.4, 0.5) is 39.8 Å². The van der Waals surface area contributed by atoms with Crippen LogP contribution in [0, 0.1) is 31.8 Å². The van der Waals surface area contributed by atoms with E-state index in [0.717, 1.165) is 83.5 Å². The Morgan fingerprint density at radius 2 is 0.956 bits per heavy atom. The molecular weight excluding hydrogens is 829 g/mol. The number of nitrogens with zero attached hydrogens (tertiary/aromatic N) is 4. The van der Waals surface area contributed by atoms with Crippen molar-refractivity contribution >= 4 is 72.5 Å². The van der Waals surface area contributed by atoms with Crippen LogP contribution in [0.3, 0.4) is 0 Å². The minimum absolute atomic E-state index is 0.594. The highest BCUT2D eigenvalue weighted by molar-refractivity contribution is 6.23. The molecule has 0 amide bonds. The van der Waals surface area contributed by atoms with Crippen molar-refractivity contribution in [2.45, 2.75) is 19.3 Å². The fourth-order valence-electron chi connectivity index (χ4n) is 11.3. The van der Waals surface area contributed by atoms with Crippen molar-refractivity contribution in [2.75, 3.05) is 9.80 Å². The van der Waals surface area contributed by atoms with Crippen molar-refractivity contribution in [1.82, 2.24) is 0 Å². The third kappa shape index (κ3) is 5.54. The lowest BCUT2D eigenvalue weighted by atomic mass is 9.70. The van der Waals surface area contributed by atoms with Gasteiger partial charge in [-0.1, -0.05) is 139 Å². The zero-order valence-electron chi connectivity index (χ0n) is 37.3. The molecule has 0 N–H and O–H groups in total. The minimum Gasteiger partial charge on any atom is -0.455 e.